The summed E-state index contributed by atoms with van der Waals surface area (Å²) in [6.45, 7) is 6.62. The van der Waals surface area contributed by atoms with Gasteiger partial charge in [0.25, 0.3) is 0 Å². The highest BCUT2D eigenvalue weighted by atomic mass is 32.1. The maximum atomic E-state index is 11.5. The number of amides is 1. The molecule has 1 rings (SSSR count). The first-order valence-corrected chi connectivity index (χ1v) is 7.75. The lowest BCUT2D eigenvalue weighted by atomic mass is 10.2. The fraction of sp³-hybridized carbons (Fsp3) is 0.500. The first-order valence-electron chi connectivity index (χ1n) is 7.34. The van der Waals surface area contributed by atoms with Crippen LogP contribution in [0.5, 0.6) is 5.75 Å². The number of carbonyl (C=O) groups is 1. The highest BCUT2D eigenvalue weighted by molar-refractivity contribution is 7.80. The Hall–Kier alpha value is -1.62. The average Bonchev–Trinajstić information content (AvgIpc) is 2.44. The van der Waals surface area contributed by atoms with E-state index in [1.807, 2.05) is 38.1 Å². The molecule has 0 radical (unpaired) electrons. The number of thiocarbonyl (C=S) groups is 1. The van der Waals surface area contributed by atoms with Gasteiger partial charge in [0.05, 0.1) is 6.10 Å². The third-order valence-corrected chi connectivity index (χ3v) is 3.00. The van der Waals surface area contributed by atoms with Crippen molar-refractivity contribution in [3.05, 3.63) is 29.8 Å². The van der Waals surface area contributed by atoms with Crippen LogP contribution in [0.15, 0.2) is 24.3 Å². The van der Waals surface area contributed by atoms with Crippen molar-refractivity contribution in [1.82, 2.24) is 10.6 Å². The summed E-state index contributed by atoms with van der Waals surface area (Å²) in [6.07, 6.45) is 2.56. The van der Waals surface area contributed by atoms with Crippen LogP contribution in [0, 0.1) is 0 Å². The molecule has 0 unspecified atom stereocenters. The molecule has 4 nitrogen and oxygen atoms in total. The zero-order valence-electron chi connectivity index (χ0n) is 12.9. The predicted molar refractivity (Wildman–Crippen MR) is 89.3 cm³/mol. The number of unbranched alkanes of at least 4 members (excludes halogenated alkanes) is 1. The summed E-state index contributed by atoms with van der Waals surface area (Å²) in [5, 5.41) is 6.08. The fourth-order valence-electron chi connectivity index (χ4n) is 1.71. The molecular formula is C16H24N2O2S. The molecule has 0 heterocycles. The van der Waals surface area contributed by atoms with Crippen molar-refractivity contribution >= 4 is 23.2 Å². The number of hydrogen-bond donors (Lipinski definition) is 2. The standard InChI is InChI=1S/C16H24N2O2S/c1-4-5-6-15(19)18-16(21)17-11-13-7-9-14(10-8-13)20-12(2)3/h7-10,12H,4-6,11H2,1-3H3,(H2,17,18,19,21). The highest BCUT2D eigenvalue weighted by Gasteiger charge is 2.04. The second kappa shape index (κ2) is 9.34. The van der Waals surface area contributed by atoms with E-state index in [1.54, 1.807) is 0 Å². The van der Waals surface area contributed by atoms with Gasteiger partial charge >= 0.3 is 0 Å². The van der Waals surface area contributed by atoms with Crippen LogP contribution in [0.2, 0.25) is 0 Å². The second-order valence-electron chi connectivity index (χ2n) is 5.14. The molecule has 0 bridgehead atoms. The lowest BCUT2D eigenvalue weighted by Gasteiger charge is -2.11. The van der Waals surface area contributed by atoms with Gasteiger partial charge in [-0.3, -0.25) is 4.79 Å². The van der Waals surface area contributed by atoms with E-state index in [1.165, 1.54) is 0 Å². The van der Waals surface area contributed by atoms with Crippen LogP contribution in [0.25, 0.3) is 0 Å². The first kappa shape index (κ1) is 17.4. The molecule has 1 aromatic carbocycles. The quantitative estimate of drug-likeness (QED) is 0.760. The van der Waals surface area contributed by atoms with Crippen LogP contribution in [-0.2, 0) is 11.3 Å². The fourth-order valence-corrected chi connectivity index (χ4v) is 1.90. The lowest BCUT2D eigenvalue weighted by molar-refractivity contribution is -0.119. The van der Waals surface area contributed by atoms with Gasteiger partial charge in [-0.15, -0.1) is 0 Å². The SMILES string of the molecule is CCCCC(=O)NC(=S)NCc1ccc(OC(C)C)cc1. The third-order valence-electron chi connectivity index (χ3n) is 2.76. The number of rotatable bonds is 7. The minimum atomic E-state index is -0.0324. The van der Waals surface area contributed by atoms with Crippen molar-refractivity contribution < 1.29 is 9.53 Å². The van der Waals surface area contributed by atoms with Gasteiger partial charge in [-0.2, -0.15) is 0 Å². The minimum absolute atomic E-state index is 0.0324. The summed E-state index contributed by atoms with van der Waals surface area (Å²) < 4.78 is 5.58. The summed E-state index contributed by atoms with van der Waals surface area (Å²) >= 11 is 5.09. The van der Waals surface area contributed by atoms with E-state index in [0.29, 0.717) is 18.1 Å². The Morgan fingerprint density at radius 3 is 2.52 bits per heavy atom. The van der Waals surface area contributed by atoms with E-state index >= 15 is 0 Å². The predicted octanol–water partition coefficient (Wildman–Crippen LogP) is 3.15. The minimum Gasteiger partial charge on any atom is -0.491 e. The highest BCUT2D eigenvalue weighted by Crippen LogP contribution is 2.13. The van der Waals surface area contributed by atoms with Crippen LogP contribution in [0.3, 0.4) is 0 Å². The van der Waals surface area contributed by atoms with Gasteiger partial charge in [0.1, 0.15) is 5.75 Å². The van der Waals surface area contributed by atoms with Crippen LogP contribution in [-0.4, -0.2) is 17.1 Å². The summed E-state index contributed by atoms with van der Waals surface area (Å²) in [7, 11) is 0. The van der Waals surface area contributed by atoms with E-state index < -0.39 is 0 Å². The second-order valence-corrected chi connectivity index (χ2v) is 5.55. The molecule has 0 saturated carbocycles. The Kier molecular flexibility index (Phi) is 7.75. The largest absolute Gasteiger partial charge is 0.491 e. The summed E-state index contributed by atoms with van der Waals surface area (Å²) in [5.74, 6) is 0.819. The molecule has 0 aliphatic heterocycles. The molecule has 0 aliphatic carbocycles. The molecule has 1 amide bonds. The summed E-state index contributed by atoms with van der Waals surface area (Å²) in [4.78, 5) is 11.5. The topological polar surface area (TPSA) is 50.4 Å². The molecule has 0 aromatic heterocycles. The normalized spacial score (nSPS) is 10.3. The van der Waals surface area contributed by atoms with Gasteiger partial charge in [0.2, 0.25) is 5.91 Å². The molecule has 0 saturated heterocycles. The van der Waals surface area contributed by atoms with Crippen molar-refractivity contribution in [3.8, 4) is 5.75 Å². The van der Waals surface area contributed by atoms with Crippen LogP contribution < -0.4 is 15.4 Å². The van der Waals surface area contributed by atoms with E-state index in [0.717, 1.165) is 24.2 Å². The molecule has 0 fully saturated rings. The van der Waals surface area contributed by atoms with Crippen molar-refractivity contribution in [2.75, 3.05) is 0 Å². The van der Waals surface area contributed by atoms with Crippen molar-refractivity contribution in [2.45, 2.75) is 52.7 Å². The zero-order valence-corrected chi connectivity index (χ0v) is 13.8. The summed E-state index contributed by atoms with van der Waals surface area (Å²) in [5.41, 5.74) is 1.08. The maximum Gasteiger partial charge on any atom is 0.226 e. The average molecular weight is 308 g/mol. The van der Waals surface area contributed by atoms with Crippen molar-refractivity contribution in [3.63, 3.8) is 0 Å². The smallest absolute Gasteiger partial charge is 0.226 e. The van der Waals surface area contributed by atoms with Crippen molar-refractivity contribution in [2.24, 2.45) is 0 Å². The van der Waals surface area contributed by atoms with Crippen LogP contribution in [0.1, 0.15) is 45.6 Å². The van der Waals surface area contributed by atoms with Gasteiger partial charge in [-0.1, -0.05) is 25.5 Å². The molecular weight excluding hydrogens is 284 g/mol. The van der Waals surface area contributed by atoms with Gasteiger partial charge in [0.15, 0.2) is 5.11 Å². The monoisotopic (exact) mass is 308 g/mol. The van der Waals surface area contributed by atoms with Gasteiger partial charge in [-0.25, -0.2) is 0 Å². The number of ether oxygens (including phenoxy) is 1. The molecule has 5 heteroatoms. The Morgan fingerprint density at radius 1 is 1.29 bits per heavy atom. The number of benzene rings is 1. The van der Waals surface area contributed by atoms with E-state index in [-0.39, 0.29) is 12.0 Å². The Bertz CT molecular complexity index is 458. The number of nitrogens with one attached hydrogen (secondary N) is 2. The van der Waals surface area contributed by atoms with E-state index in [2.05, 4.69) is 17.6 Å². The molecule has 2 N–H and O–H groups in total. The molecule has 0 atom stereocenters. The number of hydrogen-bond acceptors (Lipinski definition) is 3. The maximum absolute atomic E-state index is 11.5. The third kappa shape index (κ3) is 7.66. The molecule has 0 spiro atoms. The van der Waals surface area contributed by atoms with E-state index in [9.17, 15) is 4.79 Å². The Morgan fingerprint density at radius 2 is 1.95 bits per heavy atom. The first-order chi connectivity index (χ1) is 10.0. The van der Waals surface area contributed by atoms with Gasteiger partial charge in [-0.05, 0) is 50.2 Å². The molecule has 21 heavy (non-hydrogen) atoms. The molecule has 0 aliphatic rings. The summed E-state index contributed by atoms with van der Waals surface area (Å²) in [6, 6.07) is 7.82. The lowest BCUT2D eigenvalue weighted by Crippen LogP contribution is -2.38. The van der Waals surface area contributed by atoms with Gasteiger partial charge < -0.3 is 15.4 Å². The van der Waals surface area contributed by atoms with Crippen LogP contribution in [0.4, 0.5) is 0 Å². The Balaban J connectivity index is 2.34. The van der Waals surface area contributed by atoms with E-state index in [4.69, 9.17) is 17.0 Å². The van der Waals surface area contributed by atoms with Crippen LogP contribution >= 0.6 is 12.2 Å². The zero-order chi connectivity index (χ0) is 15.7. The molecule has 1 aromatic rings. The van der Waals surface area contributed by atoms with Crippen molar-refractivity contribution in [1.29, 1.82) is 0 Å². The molecule has 116 valence electrons. The number of carbonyl (C=O) groups excluding carboxylic acids is 1. The Labute approximate surface area is 132 Å². The van der Waals surface area contributed by atoms with Gasteiger partial charge in [0, 0.05) is 13.0 Å².